The van der Waals surface area contributed by atoms with Gasteiger partial charge in [-0.25, -0.2) is 4.98 Å². The van der Waals surface area contributed by atoms with Crippen molar-refractivity contribution in [2.75, 3.05) is 0 Å². The van der Waals surface area contributed by atoms with Crippen LogP contribution in [0.15, 0.2) is 42.9 Å². The maximum Gasteiger partial charge on any atom is 0.0924 e. The minimum absolute atomic E-state index is 0.784. The molecule has 0 fully saturated rings. The number of nitrogens with zero attached hydrogens (tertiary/aromatic N) is 5. The van der Waals surface area contributed by atoms with Gasteiger partial charge in [-0.15, -0.1) is 0 Å². The van der Waals surface area contributed by atoms with E-state index in [9.17, 15) is 0 Å². The first-order valence-electron chi connectivity index (χ1n) is 6.08. The van der Waals surface area contributed by atoms with E-state index in [4.69, 9.17) is 5.26 Å². The summed E-state index contributed by atoms with van der Waals surface area (Å²) >= 11 is 0. The number of rotatable bonds is 2. The van der Waals surface area contributed by atoms with Gasteiger partial charge in [-0.05, 0) is 23.8 Å². The average Bonchev–Trinajstić information content (AvgIpc) is 2.91. The van der Waals surface area contributed by atoms with Crippen LogP contribution in [-0.4, -0.2) is 19.7 Å². The number of aromatic nitrogens is 4. The zero-order chi connectivity index (χ0) is 13.9. The quantitative estimate of drug-likeness (QED) is 0.665. The lowest BCUT2D eigenvalue weighted by Gasteiger charge is -2.01. The smallest absolute Gasteiger partial charge is 0.0924 e. The van der Waals surface area contributed by atoms with Gasteiger partial charge in [-0.3, -0.25) is 9.67 Å². The maximum absolute atomic E-state index is 8.56. The molecule has 0 radical (unpaired) electrons. The number of fused-ring (bicyclic) bond motifs is 1. The predicted molar refractivity (Wildman–Crippen MR) is 76.4 cm³/mol. The van der Waals surface area contributed by atoms with Crippen molar-refractivity contribution < 1.29 is 0 Å². The third kappa shape index (κ3) is 2.27. The van der Waals surface area contributed by atoms with Crippen LogP contribution in [0.4, 0.5) is 0 Å². The van der Waals surface area contributed by atoms with Crippen LogP contribution in [0.3, 0.4) is 0 Å². The highest BCUT2D eigenvalue weighted by Gasteiger charge is 2.05. The lowest BCUT2D eigenvalue weighted by Crippen LogP contribution is -1.88. The van der Waals surface area contributed by atoms with Crippen LogP contribution in [-0.2, 0) is 7.05 Å². The minimum Gasteiger partial charge on any atom is -0.275 e. The molecule has 3 aromatic rings. The highest BCUT2D eigenvalue weighted by atomic mass is 15.2. The van der Waals surface area contributed by atoms with E-state index in [2.05, 4.69) is 15.1 Å². The third-order valence-corrected chi connectivity index (χ3v) is 2.92. The van der Waals surface area contributed by atoms with Crippen molar-refractivity contribution in [2.45, 2.75) is 0 Å². The molecule has 0 atom stereocenters. The zero-order valence-electron chi connectivity index (χ0n) is 10.9. The topological polar surface area (TPSA) is 67.4 Å². The van der Waals surface area contributed by atoms with Gasteiger partial charge in [-0.2, -0.15) is 10.4 Å². The van der Waals surface area contributed by atoms with Gasteiger partial charge in [0.15, 0.2) is 0 Å². The number of hydrogen-bond acceptors (Lipinski definition) is 4. The summed E-state index contributed by atoms with van der Waals surface area (Å²) in [5, 5.41) is 12.7. The van der Waals surface area contributed by atoms with Crippen LogP contribution in [0.25, 0.3) is 28.4 Å². The summed E-state index contributed by atoms with van der Waals surface area (Å²) in [4.78, 5) is 8.99. The molecule has 0 bridgehead atoms. The van der Waals surface area contributed by atoms with Gasteiger partial charge in [-0.1, -0.05) is 6.07 Å². The molecule has 0 saturated heterocycles. The van der Waals surface area contributed by atoms with Crippen LogP contribution in [0.1, 0.15) is 5.56 Å². The summed E-state index contributed by atoms with van der Waals surface area (Å²) in [6.45, 7) is 0. The van der Waals surface area contributed by atoms with Gasteiger partial charge in [0.05, 0.1) is 35.2 Å². The van der Waals surface area contributed by atoms with Crippen molar-refractivity contribution in [3.05, 3.63) is 48.4 Å². The number of allylic oxidation sites excluding steroid dienone is 1. The zero-order valence-corrected chi connectivity index (χ0v) is 10.9. The third-order valence-electron chi connectivity index (χ3n) is 2.92. The molecular formula is C15H11N5. The molecule has 96 valence electrons. The number of aryl methyl sites for hydroxylation is 1. The van der Waals surface area contributed by atoms with E-state index in [1.54, 1.807) is 23.2 Å². The van der Waals surface area contributed by atoms with Crippen molar-refractivity contribution >= 4 is 17.1 Å². The molecule has 1 aromatic carbocycles. The summed E-state index contributed by atoms with van der Waals surface area (Å²) in [6.07, 6.45) is 8.59. The average molecular weight is 261 g/mol. The Morgan fingerprint density at radius 3 is 2.90 bits per heavy atom. The van der Waals surface area contributed by atoms with Crippen LogP contribution in [0.2, 0.25) is 0 Å². The van der Waals surface area contributed by atoms with E-state index in [-0.39, 0.29) is 0 Å². The van der Waals surface area contributed by atoms with Crippen LogP contribution < -0.4 is 0 Å². The molecule has 0 aliphatic heterocycles. The molecule has 3 rings (SSSR count). The van der Waals surface area contributed by atoms with Crippen LogP contribution >= 0.6 is 0 Å². The number of nitriles is 1. The van der Waals surface area contributed by atoms with Gasteiger partial charge >= 0.3 is 0 Å². The summed E-state index contributed by atoms with van der Waals surface area (Å²) < 4.78 is 1.73. The minimum atomic E-state index is 0.784. The van der Waals surface area contributed by atoms with Crippen molar-refractivity contribution in [3.8, 4) is 17.3 Å². The molecule has 0 saturated carbocycles. The van der Waals surface area contributed by atoms with Crippen LogP contribution in [0.5, 0.6) is 0 Å². The molecule has 5 nitrogen and oxygen atoms in total. The number of benzene rings is 1. The largest absolute Gasteiger partial charge is 0.275 e. The molecule has 0 spiro atoms. The standard InChI is InChI=1S/C15H11N5/c1-20-10-12(8-18-20)15-9-17-13-5-4-11(3-2-6-16)7-14(13)19-15/h2-5,7-10H,1H3. The summed E-state index contributed by atoms with van der Waals surface area (Å²) in [6, 6.07) is 7.70. The molecule has 0 aliphatic carbocycles. The monoisotopic (exact) mass is 261 g/mol. The Hall–Kier alpha value is -3.00. The lowest BCUT2D eigenvalue weighted by atomic mass is 10.1. The predicted octanol–water partition coefficient (Wildman–Crippen LogP) is 2.57. The van der Waals surface area contributed by atoms with E-state index < -0.39 is 0 Å². The highest BCUT2D eigenvalue weighted by Crippen LogP contribution is 2.19. The highest BCUT2D eigenvalue weighted by molar-refractivity contribution is 5.79. The Labute approximate surface area is 115 Å². The second-order valence-corrected chi connectivity index (χ2v) is 4.37. The molecule has 0 aliphatic rings. The second kappa shape index (κ2) is 4.94. The van der Waals surface area contributed by atoms with Gasteiger partial charge in [0.1, 0.15) is 0 Å². The number of hydrogen-bond donors (Lipinski definition) is 0. The Balaban J connectivity index is 2.09. The first-order chi connectivity index (χ1) is 9.76. The lowest BCUT2D eigenvalue weighted by molar-refractivity contribution is 0.768. The molecule has 20 heavy (non-hydrogen) atoms. The van der Waals surface area contributed by atoms with Crippen molar-refractivity contribution in [2.24, 2.45) is 7.05 Å². The Morgan fingerprint density at radius 2 is 2.15 bits per heavy atom. The van der Waals surface area contributed by atoms with Crippen molar-refractivity contribution in [1.82, 2.24) is 19.7 Å². The summed E-state index contributed by atoms with van der Waals surface area (Å²) in [5.74, 6) is 0. The first-order valence-corrected chi connectivity index (χ1v) is 6.08. The fourth-order valence-electron chi connectivity index (χ4n) is 1.96. The molecule has 0 amide bonds. The SMILES string of the molecule is Cn1cc(-c2cnc3ccc(C=CC#N)cc3n2)cn1. The summed E-state index contributed by atoms with van der Waals surface area (Å²) in [5.41, 5.74) is 4.27. The molecule has 5 heteroatoms. The molecule has 0 N–H and O–H groups in total. The van der Waals surface area contributed by atoms with Crippen molar-refractivity contribution in [1.29, 1.82) is 5.26 Å². The van der Waals surface area contributed by atoms with E-state index in [0.717, 1.165) is 27.9 Å². The Bertz CT molecular complexity index is 839. The Kier molecular flexibility index (Phi) is 2.98. The maximum atomic E-state index is 8.56. The van der Waals surface area contributed by atoms with Gasteiger partial charge in [0.25, 0.3) is 0 Å². The van der Waals surface area contributed by atoms with Gasteiger partial charge in [0, 0.05) is 24.9 Å². The second-order valence-electron chi connectivity index (χ2n) is 4.37. The fourth-order valence-corrected chi connectivity index (χ4v) is 1.96. The fraction of sp³-hybridized carbons (Fsp3) is 0.0667. The van der Waals surface area contributed by atoms with E-state index in [1.807, 2.05) is 37.5 Å². The van der Waals surface area contributed by atoms with Crippen molar-refractivity contribution in [3.63, 3.8) is 0 Å². The molecule has 2 heterocycles. The van der Waals surface area contributed by atoms with E-state index in [0.29, 0.717) is 0 Å². The van der Waals surface area contributed by atoms with Gasteiger partial charge < -0.3 is 0 Å². The Morgan fingerprint density at radius 1 is 1.25 bits per heavy atom. The van der Waals surface area contributed by atoms with Gasteiger partial charge in [0.2, 0.25) is 0 Å². The van der Waals surface area contributed by atoms with E-state index >= 15 is 0 Å². The van der Waals surface area contributed by atoms with E-state index in [1.165, 1.54) is 6.08 Å². The molecule has 0 unspecified atom stereocenters. The molecular weight excluding hydrogens is 250 g/mol. The first kappa shape index (κ1) is 12.1. The molecule has 2 aromatic heterocycles. The van der Waals surface area contributed by atoms with Crippen LogP contribution in [0, 0.1) is 11.3 Å². The summed E-state index contributed by atoms with van der Waals surface area (Å²) in [7, 11) is 1.86. The normalized spacial score (nSPS) is 11.0.